The third kappa shape index (κ3) is 28.5. The average Bonchev–Trinajstić information content (AvgIpc) is 2.65. The number of hydrogen-bond donors (Lipinski definition) is 0. The molecule has 216 valence electrons. The van der Waals surface area contributed by atoms with Crippen molar-refractivity contribution < 1.29 is 87.1 Å². The van der Waals surface area contributed by atoms with Crippen molar-refractivity contribution in [3.8, 4) is 11.5 Å². The van der Waals surface area contributed by atoms with Crippen LogP contribution in [0.15, 0.2) is 12.1 Å². The van der Waals surface area contributed by atoms with Crippen molar-refractivity contribution in [3.05, 3.63) is 23.3 Å². The topological polar surface area (TPSA) is 236 Å². The van der Waals surface area contributed by atoms with Crippen LogP contribution in [0.1, 0.15) is 11.1 Å². The fourth-order valence-electron chi connectivity index (χ4n) is 2.43. The van der Waals surface area contributed by atoms with Crippen LogP contribution < -0.4 is 30.6 Å². The van der Waals surface area contributed by atoms with Gasteiger partial charge in [-0.15, -0.1) is 37.9 Å². The first-order valence-corrected chi connectivity index (χ1v) is 13.7. The second kappa shape index (κ2) is 31.2. The minimum absolute atomic E-state index is 0. The molecule has 0 atom stereocenters. The Balaban J connectivity index is -0.000000164. The Hall–Kier alpha value is -0.0312. The molecule has 0 unspecified atom stereocenters. The molecule has 2 radical (unpaired) electrons. The summed E-state index contributed by atoms with van der Waals surface area (Å²) in [5.74, 6) is -0.703. The molecule has 0 heterocycles. The summed E-state index contributed by atoms with van der Waals surface area (Å²) in [6.45, 7) is -0.849. The van der Waals surface area contributed by atoms with E-state index in [-0.39, 0.29) is 110 Å². The van der Waals surface area contributed by atoms with E-state index in [4.69, 9.17) is 0 Å². The van der Waals surface area contributed by atoms with Crippen LogP contribution in [0.25, 0.3) is 0 Å². The van der Waals surface area contributed by atoms with Crippen LogP contribution in [0.2, 0.25) is 0 Å². The molecule has 0 amide bonds. The van der Waals surface area contributed by atoms with Gasteiger partial charge >= 0.3 is 0 Å². The summed E-state index contributed by atoms with van der Waals surface area (Å²) in [6.07, 6.45) is 6.56. The van der Waals surface area contributed by atoms with E-state index >= 15 is 0 Å². The minimum atomic E-state index is -0.611. The van der Waals surface area contributed by atoms with Crippen LogP contribution in [0.5, 0.6) is 11.5 Å². The fraction of sp³-hybridized carbons (Fsp3) is 0.700. The van der Waals surface area contributed by atoms with E-state index in [1.165, 1.54) is 12.1 Å². The van der Waals surface area contributed by atoms with E-state index in [9.17, 15) is 39.1 Å². The zero-order valence-corrected chi connectivity index (χ0v) is 25.3. The van der Waals surface area contributed by atoms with Crippen LogP contribution in [-0.2, 0) is 82.8 Å². The molecule has 0 fully saturated rings. The first-order valence-electron chi connectivity index (χ1n) is 9.79. The van der Waals surface area contributed by atoms with Gasteiger partial charge in [-0.1, -0.05) is 12.1 Å². The van der Waals surface area contributed by atoms with E-state index in [0.717, 1.165) is 0 Å². The largest absolute Gasteiger partial charge is 2.00 e. The number of benzene rings is 1. The van der Waals surface area contributed by atoms with E-state index in [0.29, 0.717) is 0 Å². The summed E-state index contributed by atoms with van der Waals surface area (Å²) in [6, 6.07) is 2.43. The second-order valence-corrected chi connectivity index (χ2v) is 9.89. The van der Waals surface area contributed by atoms with Gasteiger partial charge in [0, 0.05) is 96.8 Å². The molecule has 36 heavy (non-hydrogen) atoms. The van der Waals surface area contributed by atoms with E-state index in [2.05, 4.69) is 0 Å². The summed E-state index contributed by atoms with van der Waals surface area (Å²) in [4.78, 5) is 3.11. The van der Waals surface area contributed by atoms with Gasteiger partial charge in [-0.05, 0) is 37.3 Å². The smallest absolute Gasteiger partial charge is 0.0226 e. The van der Waals surface area contributed by atoms with Crippen LogP contribution in [-0.4, -0.2) is 95.8 Å². The average molecular weight is 629 g/mol. The molecule has 0 aliphatic heterocycles. The normalized spacial score (nSPS) is 9.67. The molecule has 0 N–H and O–H groups in total. The number of rotatable bonds is 12. The van der Waals surface area contributed by atoms with Crippen molar-refractivity contribution in [2.45, 2.75) is 13.1 Å². The van der Waals surface area contributed by atoms with Crippen molar-refractivity contribution in [3.63, 3.8) is 0 Å². The van der Waals surface area contributed by atoms with Crippen molar-refractivity contribution in [2.75, 3.05) is 77.6 Å². The zero-order chi connectivity index (χ0) is 25.1. The number of nitrogens with zero attached hydrogens (tertiary/aromatic N) is 2. The minimum Gasteiger partial charge on any atom is -2.00 e. The Morgan fingerprint density at radius 2 is 0.806 bits per heavy atom. The van der Waals surface area contributed by atoms with Crippen LogP contribution in [0, 0.1) is 0 Å². The van der Waals surface area contributed by atoms with Crippen LogP contribution >= 0.6 is 0 Å². The third-order valence-corrected chi connectivity index (χ3v) is 3.66. The molecule has 0 saturated carbocycles. The third-order valence-electron chi connectivity index (χ3n) is 3.66. The molecule has 1 aromatic carbocycles. The Morgan fingerprint density at radius 3 is 0.972 bits per heavy atom. The predicted molar refractivity (Wildman–Crippen MR) is 117 cm³/mol. The maximum absolute atomic E-state index is 12.2. The molecule has 16 heteroatoms. The molecular weight excluding hydrogens is 594 g/mol. The zero-order valence-electron chi connectivity index (χ0n) is 20.9. The SMILES string of the molecule is CS(C)=O.CS(C)=O.[O-2].[O-2].[O-]CCN(CC[O-])Cc1cc([O-])c(CN(CC[O-])CC[O-])cc1[O-].[V].[V]. The molecule has 0 aromatic heterocycles. The Morgan fingerprint density at radius 1 is 0.611 bits per heavy atom. The first-order chi connectivity index (χ1) is 15.0. The molecule has 0 aliphatic rings. The molecule has 0 saturated heterocycles. The summed E-state index contributed by atoms with van der Waals surface area (Å²) in [5, 5.41) is 67.2. The molecule has 0 spiro atoms. The van der Waals surface area contributed by atoms with Crippen molar-refractivity contribution in [1.29, 1.82) is 0 Å². The monoisotopic (exact) mass is 628 g/mol. The van der Waals surface area contributed by atoms with E-state index < -0.39 is 48.0 Å². The van der Waals surface area contributed by atoms with Gasteiger partial charge in [0.05, 0.1) is 0 Å². The van der Waals surface area contributed by atoms with Gasteiger partial charge in [0.25, 0.3) is 0 Å². The van der Waals surface area contributed by atoms with Crippen molar-refractivity contribution in [1.82, 2.24) is 9.80 Å². The van der Waals surface area contributed by atoms with Gasteiger partial charge in [-0.2, -0.15) is 0 Å². The molecule has 1 rings (SSSR count). The fourth-order valence-corrected chi connectivity index (χ4v) is 2.43. The van der Waals surface area contributed by atoms with Gasteiger partial charge in [0.1, 0.15) is 0 Å². The molecule has 12 nitrogen and oxygen atoms in total. The predicted octanol–water partition coefficient (Wildman–Crippen LogP) is -5.37. The second-order valence-electron chi connectivity index (χ2n) is 6.92. The van der Waals surface area contributed by atoms with Crippen molar-refractivity contribution in [2.24, 2.45) is 0 Å². The summed E-state index contributed by atoms with van der Waals surface area (Å²) < 4.78 is 19.1. The number of hydrogen-bond acceptors (Lipinski definition) is 10. The van der Waals surface area contributed by atoms with Gasteiger partial charge in [-0.25, -0.2) is 0 Å². The molecular formula is C20H34N2O10S2V2-10. The maximum Gasteiger partial charge on any atom is 0.0226 e. The van der Waals surface area contributed by atoms with Gasteiger partial charge in [-0.3, -0.25) is 8.42 Å². The molecule has 0 bridgehead atoms. The van der Waals surface area contributed by atoms with Gasteiger partial charge in [0.15, 0.2) is 0 Å². The quantitative estimate of drug-likeness (QED) is 0.213. The van der Waals surface area contributed by atoms with E-state index in [1.807, 2.05) is 0 Å². The standard InChI is InChI=1S/C16H24N2O6.2C2H6OS.2O.2V/c19-5-1-17(2-6-20)11-13-9-16(24)14(10-15(13)23)12-18(3-7-21)4-8-22;2*1-4(2)3;;;;/h9-10,23-24H,1-8,11-12H2;2*1-2H3;;;;/q-4;;;2*-2;;/p-2. The summed E-state index contributed by atoms with van der Waals surface area (Å²) >= 11 is 0. The molecule has 1 aromatic rings. The van der Waals surface area contributed by atoms with Crippen LogP contribution in [0.4, 0.5) is 0 Å². The first kappa shape index (κ1) is 49.0. The van der Waals surface area contributed by atoms with Gasteiger partial charge < -0.3 is 51.4 Å². The van der Waals surface area contributed by atoms with Gasteiger partial charge in [0.2, 0.25) is 0 Å². The summed E-state index contributed by atoms with van der Waals surface area (Å²) in [5.41, 5.74) is 0.481. The summed E-state index contributed by atoms with van der Waals surface area (Å²) in [7, 11) is -1.22. The van der Waals surface area contributed by atoms with Crippen molar-refractivity contribution >= 4 is 21.6 Å². The maximum atomic E-state index is 12.2. The van der Waals surface area contributed by atoms with E-state index in [1.54, 1.807) is 34.8 Å². The van der Waals surface area contributed by atoms with Crippen LogP contribution in [0.3, 0.4) is 0 Å². The Kier molecular flexibility index (Phi) is 42.4. The Bertz CT molecular complexity index is 604. The Labute approximate surface area is 243 Å². The molecule has 0 aliphatic carbocycles.